The van der Waals surface area contributed by atoms with Gasteiger partial charge in [-0.1, -0.05) is 0 Å². The van der Waals surface area contributed by atoms with Gasteiger partial charge in [0.25, 0.3) is 5.56 Å². The number of nitriles is 1. The Hall–Kier alpha value is -3.67. The highest BCUT2D eigenvalue weighted by Gasteiger charge is 2.53. The average molecular weight is 395 g/mol. The molecule has 2 aromatic heterocycles. The van der Waals surface area contributed by atoms with Gasteiger partial charge >= 0.3 is 0 Å². The minimum absolute atomic E-state index is 0.0863. The Morgan fingerprint density at radius 3 is 2.79 bits per heavy atom. The number of amides is 1. The molecule has 0 saturated heterocycles. The van der Waals surface area contributed by atoms with Crippen LogP contribution >= 0.6 is 0 Å². The van der Waals surface area contributed by atoms with Crippen LogP contribution in [0.25, 0.3) is 10.9 Å². The lowest BCUT2D eigenvalue weighted by atomic mass is 9.94. The first kappa shape index (κ1) is 18.7. The van der Waals surface area contributed by atoms with Crippen LogP contribution in [0.1, 0.15) is 42.9 Å². The van der Waals surface area contributed by atoms with Gasteiger partial charge in [0.1, 0.15) is 11.8 Å². The lowest BCUT2D eigenvalue weighted by molar-refractivity contribution is -0.124. The Bertz CT molecular complexity index is 1240. The van der Waals surface area contributed by atoms with Gasteiger partial charge in [0.05, 0.1) is 17.0 Å². The van der Waals surface area contributed by atoms with E-state index in [4.69, 9.17) is 5.26 Å². The van der Waals surface area contributed by atoms with Crippen molar-refractivity contribution < 1.29 is 13.6 Å². The molecular weight excluding hydrogens is 380 g/mol. The van der Waals surface area contributed by atoms with Crippen LogP contribution in [-0.4, -0.2) is 20.9 Å². The van der Waals surface area contributed by atoms with Crippen molar-refractivity contribution in [2.24, 2.45) is 0 Å². The Labute approximate surface area is 163 Å². The van der Waals surface area contributed by atoms with E-state index in [9.17, 15) is 18.4 Å². The summed E-state index contributed by atoms with van der Waals surface area (Å²) in [6.45, 7) is 1.66. The summed E-state index contributed by atoms with van der Waals surface area (Å²) in [5, 5.41) is 11.6. The van der Waals surface area contributed by atoms with Gasteiger partial charge in [-0.2, -0.15) is 5.26 Å². The van der Waals surface area contributed by atoms with Crippen LogP contribution in [0.2, 0.25) is 0 Å². The van der Waals surface area contributed by atoms with Crippen molar-refractivity contribution in [2.45, 2.75) is 31.2 Å². The van der Waals surface area contributed by atoms with Gasteiger partial charge in [-0.3, -0.25) is 9.59 Å². The van der Waals surface area contributed by atoms with E-state index >= 15 is 0 Å². The number of hydrogen-bond donors (Lipinski definition) is 2. The number of halogens is 2. The molecule has 1 aliphatic rings. The molecule has 1 saturated carbocycles. The van der Waals surface area contributed by atoms with E-state index in [-0.39, 0.29) is 28.0 Å². The smallest absolute Gasteiger partial charge is 0.252 e. The predicted octanol–water partition coefficient (Wildman–Crippen LogP) is 2.38. The number of fused-ring (bicyclic) bond motifs is 1. The Morgan fingerprint density at radius 2 is 2.10 bits per heavy atom. The number of pyridine rings is 1. The van der Waals surface area contributed by atoms with Gasteiger partial charge in [0.15, 0.2) is 17.5 Å². The van der Waals surface area contributed by atoms with Crippen LogP contribution in [0, 0.1) is 23.0 Å². The Kier molecular flexibility index (Phi) is 4.34. The third-order valence-corrected chi connectivity index (χ3v) is 5.14. The van der Waals surface area contributed by atoms with Gasteiger partial charge < -0.3 is 10.3 Å². The first-order valence-electron chi connectivity index (χ1n) is 8.91. The molecule has 3 aromatic rings. The maximum absolute atomic E-state index is 14.2. The molecule has 7 nitrogen and oxygen atoms in total. The molecule has 0 bridgehead atoms. The van der Waals surface area contributed by atoms with Gasteiger partial charge in [-0.25, -0.2) is 18.7 Å². The number of hydrogen-bond acceptors (Lipinski definition) is 5. The van der Waals surface area contributed by atoms with Gasteiger partial charge in [-0.05, 0) is 44.0 Å². The van der Waals surface area contributed by atoms with E-state index in [1.165, 1.54) is 24.4 Å². The van der Waals surface area contributed by atoms with Crippen molar-refractivity contribution in [2.75, 3.05) is 0 Å². The van der Waals surface area contributed by atoms with Crippen molar-refractivity contribution >= 4 is 16.8 Å². The summed E-state index contributed by atoms with van der Waals surface area (Å²) in [6.07, 6.45) is 2.22. The normalized spacial score (nSPS) is 15.5. The fourth-order valence-corrected chi connectivity index (χ4v) is 3.36. The minimum Gasteiger partial charge on any atom is -0.346 e. The molecule has 0 aliphatic heterocycles. The minimum atomic E-state index is -1.12. The summed E-state index contributed by atoms with van der Waals surface area (Å²) >= 11 is 0. The lowest BCUT2D eigenvalue weighted by Crippen LogP contribution is -2.39. The fourth-order valence-electron chi connectivity index (χ4n) is 3.36. The molecular formula is C20H15F2N5O2. The third-order valence-electron chi connectivity index (χ3n) is 5.14. The maximum Gasteiger partial charge on any atom is 0.252 e. The zero-order valence-electron chi connectivity index (χ0n) is 15.3. The zero-order valence-corrected chi connectivity index (χ0v) is 15.3. The SMILES string of the molecule is C[C@@H](NC(=O)C1(c2cc3c(F)c(F)ccc3[nH]c2=O)CC1)c1nccc(C#N)n1. The second kappa shape index (κ2) is 6.74. The molecule has 1 atom stereocenters. The van der Waals surface area contributed by atoms with E-state index in [1.54, 1.807) is 6.92 Å². The molecule has 1 amide bonds. The van der Waals surface area contributed by atoms with Crippen LogP contribution in [0.4, 0.5) is 8.78 Å². The number of rotatable bonds is 4. The highest BCUT2D eigenvalue weighted by molar-refractivity contribution is 5.92. The van der Waals surface area contributed by atoms with Crippen LogP contribution in [0.3, 0.4) is 0 Å². The van der Waals surface area contributed by atoms with E-state index in [0.29, 0.717) is 12.8 Å². The molecule has 1 aliphatic carbocycles. The van der Waals surface area contributed by atoms with Crippen LogP contribution < -0.4 is 10.9 Å². The number of nitrogens with one attached hydrogen (secondary N) is 2. The third kappa shape index (κ3) is 3.12. The van der Waals surface area contributed by atoms with Crippen molar-refractivity contribution in [3.63, 3.8) is 0 Å². The molecule has 1 aromatic carbocycles. The van der Waals surface area contributed by atoms with Gasteiger partial charge in [-0.15, -0.1) is 0 Å². The number of H-pyrrole nitrogens is 1. The molecule has 9 heteroatoms. The summed E-state index contributed by atoms with van der Waals surface area (Å²) < 4.78 is 27.8. The Balaban J connectivity index is 1.67. The summed E-state index contributed by atoms with van der Waals surface area (Å²) in [6, 6.07) is 6.20. The predicted molar refractivity (Wildman–Crippen MR) is 98.7 cm³/mol. The number of carbonyl (C=O) groups excluding carboxylic acids is 1. The zero-order chi connectivity index (χ0) is 20.8. The molecule has 146 valence electrons. The standard InChI is InChI=1S/C20H15F2N5O2/c1-10(17-24-7-4-11(9-23)26-17)25-19(29)20(5-6-20)13-8-12-15(27-18(13)28)3-2-14(21)16(12)22/h2-4,7-8,10H,5-6H2,1H3,(H,25,29)(H,27,28)/t10-/m1/s1. The second-order valence-corrected chi connectivity index (χ2v) is 7.02. The van der Waals surface area contributed by atoms with E-state index in [0.717, 1.165) is 6.07 Å². The quantitative estimate of drug-likeness (QED) is 0.705. The topological polar surface area (TPSA) is 112 Å². The summed E-state index contributed by atoms with van der Waals surface area (Å²) in [7, 11) is 0. The first-order valence-corrected chi connectivity index (χ1v) is 8.91. The van der Waals surface area contributed by atoms with E-state index in [2.05, 4.69) is 20.3 Å². The first-order chi connectivity index (χ1) is 13.9. The van der Waals surface area contributed by atoms with Crippen LogP contribution in [0.5, 0.6) is 0 Å². The lowest BCUT2D eigenvalue weighted by Gasteiger charge is -2.19. The average Bonchev–Trinajstić information content (AvgIpc) is 3.52. The number of aromatic amines is 1. The van der Waals surface area contributed by atoms with Crippen molar-refractivity contribution in [1.29, 1.82) is 5.26 Å². The fraction of sp³-hybridized carbons (Fsp3) is 0.250. The van der Waals surface area contributed by atoms with Crippen LogP contribution in [-0.2, 0) is 10.2 Å². The Morgan fingerprint density at radius 1 is 1.34 bits per heavy atom. The summed E-state index contributed by atoms with van der Waals surface area (Å²) in [5.74, 6) is -2.29. The van der Waals surface area contributed by atoms with Gasteiger partial charge in [0.2, 0.25) is 5.91 Å². The molecule has 29 heavy (non-hydrogen) atoms. The van der Waals surface area contributed by atoms with Crippen LogP contribution in [0.15, 0.2) is 35.3 Å². The number of benzene rings is 1. The maximum atomic E-state index is 14.2. The van der Waals surface area contributed by atoms with Crippen molar-refractivity contribution in [3.05, 3.63) is 69.5 Å². The summed E-state index contributed by atoms with van der Waals surface area (Å²) in [4.78, 5) is 36.1. The van der Waals surface area contributed by atoms with Gasteiger partial charge in [0, 0.05) is 17.1 Å². The number of nitrogens with zero attached hydrogens (tertiary/aromatic N) is 3. The monoisotopic (exact) mass is 395 g/mol. The van der Waals surface area contributed by atoms with Crippen molar-refractivity contribution in [3.8, 4) is 6.07 Å². The molecule has 0 spiro atoms. The van der Waals surface area contributed by atoms with E-state index < -0.39 is 34.6 Å². The molecule has 2 heterocycles. The van der Waals surface area contributed by atoms with E-state index in [1.807, 2.05) is 6.07 Å². The second-order valence-electron chi connectivity index (χ2n) is 7.02. The molecule has 1 fully saturated rings. The molecule has 4 rings (SSSR count). The molecule has 2 N–H and O–H groups in total. The number of carbonyl (C=O) groups is 1. The highest BCUT2D eigenvalue weighted by Crippen LogP contribution is 2.48. The largest absolute Gasteiger partial charge is 0.346 e. The summed E-state index contributed by atoms with van der Waals surface area (Å²) in [5.41, 5.74) is -1.23. The number of aromatic nitrogens is 3. The molecule has 0 radical (unpaired) electrons. The van der Waals surface area contributed by atoms with Crippen molar-refractivity contribution in [1.82, 2.24) is 20.3 Å². The highest BCUT2D eigenvalue weighted by atomic mass is 19.2. The molecule has 0 unspecified atom stereocenters.